The number of methoxy groups -OCH3 is 2. The zero-order valence-electron chi connectivity index (χ0n) is 16.7. The molecule has 0 aliphatic heterocycles. The van der Waals surface area contributed by atoms with Gasteiger partial charge in [0.2, 0.25) is 0 Å². The van der Waals surface area contributed by atoms with Crippen molar-refractivity contribution >= 4 is 5.71 Å². The first kappa shape index (κ1) is 20.4. The van der Waals surface area contributed by atoms with Crippen molar-refractivity contribution in [1.82, 2.24) is 5.43 Å². The van der Waals surface area contributed by atoms with Crippen molar-refractivity contribution < 1.29 is 18.9 Å². The number of benzene rings is 2. The zero-order valence-corrected chi connectivity index (χ0v) is 16.7. The van der Waals surface area contributed by atoms with Gasteiger partial charge in [0.1, 0.15) is 0 Å². The number of hydrogen-bond acceptors (Lipinski definition) is 6. The number of nitrogens with one attached hydrogen (secondary N) is 1. The van der Waals surface area contributed by atoms with E-state index in [9.17, 15) is 0 Å². The van der Waals surface area contributed by atoms with Gasteiger partial charge in [0.05, 0.1) is 39.7 Å². The van der Waals surface area contributed by atoms with Gasteiger partial charge >= 0.3 is 0 Å². The van der Waals surface area contributed by atoms with Crippen LogP contribution in [0.1, 0.15) is 31.9 Å². The minimum atomic E-state index is 0.576. The molecule has 0 saturated carbocycles. The predicted molar refractivity (Wildman–Crippen MR) is 107 cm³/mol. The highest BCUT2D eigenvalue weighted by atomic mass is 16.5. The number of rotatable bonds is 10. The SMILES string of the molecule is CCOc1ccc(/C(C)=N\NCc2ccc(OC)c(OC)c2)cc1OCC. The lowest BCUT2D eigenvalue weighted by Crippen LogP contribution is -2.10. The third-order valence-corrected chi connectivity index (χ3v) is 3.94. The average Bonchev–Trinajstić information content (AvgIpc) is 2.69. The van der Waals surface area contributed by atoms with Gasteiger partial charge in [-0.1, -0.05) is 6.07 Å². The topological polar surface area (TPSA) is 61.3 Å². The van der Waals surface area contributed by atoms with Crippen molar-refractivity contribution in [3.05, 3.63) is 47.5 Å². The molecule has 0 radical (unpaired) electrons. The monoisotopic (exact) mass is 372 g/mol. The highest BCUT2D eigenvalue weighted by Gasteiger charge is 2.08. The van der Waals surface area contributed by atoms with E-state index in [1.165, 1.54) is 0 Å². The van der Waals surface area contributed by atoms with Crippen LogP contribution in [-0.2, 0) is 6.54 Å². The van der Waals surface area contributed by atoms with E-state index < -0.39 is 0 Å². The molecule has 0 saturated heterocycles. The molecule has 0 aromatic heterocycles. The van der Waals surface area contributed by atoms with Crippen LogP contribution in [0.3, 0.4) is 0 Å². The van der Waals surface area contributed by atoms with Crippen molar-refractivity contribution in [1.29, 1.82) is 0 Å². The van der Waals surface area contributed by atoms with Gasteiger partial charge < -0.3 is 24.4 Å². The summed E-state index contributed by atoms with van der Waals surface area (Å²) in [5.41, 5.74) is 5.98. The van der Waals surface area contributed by atoms with Gasteiger partial charge in [0.15, 0.2) is 23.0 Å². The molecule has 0 amide bonds. The summed E-state index contributed by atoms with van der Waals surface area (Å²) in [5.74, 6) is 2.88. The van der Waals surface area contributed by atoms with Crippen LogP contribution < -0.4 is 24.4 Å². The van der Waals surface area contributed by atoms with Crippen molar-refractivity contribution in [3.63, 3.8) is 0 Å². The highest BCUT2D eigenvalue weighted by Crippen LogP contribution is 2.29. The number of ether oxygens (including phenoxy) is 4. The first-order valence-corrected chi connectivity index (χ1v) is 9.00. The molecule has 0 fully saturated rings. The lowest BCUT2D eigenvalue weighted by molar-refractivity contribution is 0.287. The smallest absolute Gasteiger partial charge is 0.161 e. The van der Waals surface area contributed by atoms with Crippen molar-refractivity contribution in [3.8, 4) is 23.0 Å². The maximum atomic E-state index is 5.68. The summed E-state index contributed by atoms with van der Waals surface area (Å²) in [6, 6.07) is 11.6. The Balaban J connectivity index is 2.08. The maximum Gasteiger partial charge on any atom is 0.161 e. The second-order valence-corrected chi connectivity index (χ2v) is 5.75. The summed E-state index contributed by atoms with van der Waals surface area (Å²) in [6.45, 7) is 7.61. The number of hydrazone groups is 1. The molecule has 0 aliphatic carbocycles. The van der Waals surface area contributed by atoms with Gasteiger partial charge in [0.25, 0.3) is 0 Å². The Labute approximate surface area is 161 Å². The van der Waals surface area contributed by atoms with E-state index in [0.29, 0.717) is 31.3 Å². The Kier molecular flexibility index (Phi) is 7.79. The standard InChI is InChI=1S/C21H28N2O4/c1-6-26-19-11-9-17(13-21(19)27-7-2)15(3)23-22-14-16-8-10-18(24-4)20(12-16)25-5/h8-13,22H,6-7,14H2,1-5H3/b23-15-. The number of nitrogens with zero attached hydrogens (tertiary/aromatic N) is 1. The fraction of sp³-hybridized carbons (Fsp3) is 0.381. The third kappa shape index (κ3) is 5.54. The van der Waals surface area contributed by atoms with Crippen LogP contribution in [0.2, 0.25) is 0 Å². The molecule has 1 N–H and O–H groups in total. The van der Waals surface area contributed by atoms with E-state index in [1.807, 2.05) is 57.2 Å². The largest absolute Gasteiger partial charge is 0.493 e. The summed E-state index contributed by atoms with van der Waals surface area (Å²) in [4.78, 5) is 0. The molecule has 0 unspecified atom stereocenters. The van der Waals surface area contributed by atoms with Crippen molar-refractivity contribution in [2.75, 3.05) is 27.4 Å². The highest BCUT2D eigenvalue weighted by molar-refractivity contribution is 5.99. The maximum absolute atomic E-state index is 5.68. The third-order valence-electron chi connectivity index (χ3n) is 3.94. The Morgan fingerprint density at radius 3 is 2.19 bits per heavy atom. The van der Waals surface area contributed by atoms with Crippen LogP contribution in [0.5, 0.6) is 23.0 Å². The Bertz CT molecular complexity index is 775. The van der Waals surface area contributed by atoms with Gasteiger partial charge in [-0.2, -0.15) is 5.10 Å². The number of hydrogen-bond donors (Lipinski definition) is 1. The minimum Gasteiger partial charge on any atom is -0.493 e. The zero-order chi connectivity index (χ0) is 19.6. The van der Waals surface area contributed by atoms with Crippen LogP contribution in [-0.4, -0.2) is 33.1 Å². The molecule has 2 rings (SSSR count). The lowest BCUT2D eigenvalue weighted by atomic mass is 10.1. The van der Waals surface area contributed by atoms with E-state index in [-0.39, 0.29) is 0 Å². The molecule has 27 heavy (non-hydrogen) atoms. The molecule has 0 bridgehead atoms. The van der Waals surface area contributed by atoms with Crippen LogP contribution in [0.25, 0.3) is 0 Å². The normalized spacial score (nSPS) is 11.1. The predicted octanol–water partition coefficient (Wildman–Crippen LogP) is 4.02. The average molecular weight is 372 g/mol. The quantitative estimate of drug-likeness (QED) is 0.504. The molecular formula is C21H28N2O4. The van der Waals surface area contributed by atoms with E-state index in [0.717, 1.165) is 28.3 Å². The van der Waals surface area contributed by atoms with Crippen molar-refractivity contribution in [2.45, 2.75) is 27.3 Å². The van der Waals surface area contributed by atoms with Crippen LogP contribution in [0.4, 0.5) is 0 Å². The first-order chi connectivity index (χ1) is 13.1. The molecule has 0 spiro atoms. The molecule has 0 atom stereocenters. The molecule has 2 aromatic rings. The fourth-order valence-electron chi connectivity index (χ4n) is 2.58. The summed E-state index contributed by atoms with van der Waals surface area (Å²) in [5, 5.41) is 4.46. The fourth-order valence-corrected chi connectivity index (χ4v) is 2.58. The van der Waals surface area contributed by atoms with Gasteiger partial charge in [-0.15, -0.1) is 0 Å². The molecule has 146 valence electrons. The van der Waals surface area contributed by atoms with Crippen LogP contribution >= 0.6 is 0 Å². The molecule has 6 nitrogen and oxygen atoms in total. The van der Waals surface area contributed by atoms with E-state index in [1.54, 1.807) is 14.2 Å². The Hall–Kier alpha value is -2.89. The Morgan fingerprint density at radius 2 is 1.52 bits per heavy atom. The summed E-state index contributed by atoms with van der Waals surface area (Å²) >= 11 is 0. The summed E-state index contributed by atoms with van der Waals surface area (Å²) < 4.78 is 21.9. The van der Waals surface area contributed by atoms with E-state index >= 15 is 0 Å². The van der Waals surface area contributed by atoms with Gasteiger partial charge in [-0.3, -0.25) is 0 Å². The Morgan fingerprint density at radius 1 is 0.852 bits per heavy atom. The van der Waals surface area contributed by atoms with Crippen molar-refractivity contribution in [2.24, 2.45) is 5.10 Å². The van der Waals surface area contributed by atoms with E-state index in [4.69, 9.17) is 18.9 Å². The van der Waals surface area contributed by atoms with Crippen LogP contribution in [0, 0.1) is 0 Å². The molecule has 6 heteroatoms. The molecular weight excluding hydrogens is 344 g/mol. The van der Waals surface area contributed by atoms with Gasteiger partial charge in [0, 0.05) is 5.56 Å². The molecule has 2 aromatic carbocycles. The minimum absolute atomic E-state index is 0.576. The molecule has 0 aliphatic rings. The van der Waals surface area contributed by atoms with Gasteiger partial charge in [-0.05, 0) is 56.7 Å². The summed E-state index contributed by atoms with van der Waals surface area (Å²) in [6.07, 6.45) is 0. The molecule has 0 heterocycles. The summed E-state index contributed by atoms with van der Waals surface area (Å²) in [7, 11) is 3.25. The van der Waals surface area contributed by atoms with E-state index in [2.05, 4.69) is 10.5 Å². The van der Waals surface area contributed by atoms with Gasteiger partial charge in [-0.25, -0.2) is 0 Å². The first-order valence-electron chi connectivity index (χ1n) is 9.00. The lowest BCUT2D eigenvalue weighted by Gasteiger charge is -2.12. The second-order valence-electron chi connectivity index (χ2n) is 5.75. The van der Waals surface area contributed by atoms with Crippen LogP contribution in [0.15, 0.2) is 41.5 Å². The second kappa shape index (κ2) is 10.3.